The monoisotopic (exact) mass is 372 g/mol. The van der Waals surface area contributed by atoms with Gasteiger partial charge in [0.1, 0.15) is 29.8 Å². The van der Waals surface area contributed by atoms with Gasteiger partial charge in [0, 0.05) is 20.7 Å². The van der Waals surface area contributed by atoms with E-state index in [0.717, 1.165) is 11.8 Å². The quantitative estimate of drug-likeness (QED) is 0.707. The average Bonchev–Trinajstić information content (AvgIpc) is 2.91. The van der Waals surface area contributed by atoms with Crippen LogP contribution < -0.4 is 0 Å². The number of hydrogen-bond donors (Lipinski definition) is 2. The first kappa shape index (κ1) is 19.8. The Labute approximate surface area is 143 Å². The number of aliphatic hydroxyl groups excluding tert-OH is 2. The Morgan fingerprint density at radius 3 is 2.54 bits per heavy atom. The highest BCUT2D eigenvalue weighted by atomic mass is 32.2. The van der Waals surface area contributed by atoms with Crippen molar-refractivity contribution in [3.63, 3.8) is 0 Å². The lowest BCUT2D eigenvalue weighted by molar-refractivity contribution is -0.284. The maximum atomic E-state index is 13.3. The number of unbranched alkanes of at least 4 members (excludes halogenated alkanes) is 1. The number of halogens is 3. The maximum absolute atomic E-state index is 13.3. The van der Waals surface area contributed by atoms with Gasteiger partial charge in [-0.25, -0.2) is 0 Å². The van der Waals surface area contributed by atoms with E-state index in [0.29, 0.717) is 18.0 Å². The summed E-state index contributed by atoms with van der Waals surface area (Å²) in [6.07, 6.45) is -10.7. The first-order chi connectivity index (χ1) is 11.2. The minimum atomic E-state index is -4.71. The van der Waals surface area contributed by atoms with Crippen LogP contribution in [-0.4, -0.2) is 83.1 Å². The fourth-order valence-corrected chi connectivity index (χ4v) is 3.72. The zero-order valence-electron chi connectivity index (χ0n) is 13.7. The molecule has 2 aliphatic heterocycles. The van der Waals surface area contributed by atoms with Crippen LogP contribution in [0, 0.1) is 0 Å². The minimum absolute atomic E-state index is 0.0932. The van der Waals surface area contributed by atoms with Crippen LogP contribution in [-0.2, 0) is 9.47 Å². The molecule has 0 aromatic carbocycles. The van der Waals surface area contributed by atoms with E-state index in [1.165, 1.54) is 0 Å². The van der Waals surface area contributed by atoms with Gasteiger partial charge in [-0.2, -0.15) is 13.2 Å². The zero-order chi connectivity index (χ0) is 18.1. The number of alkyl halides is 3. The Hall–Kier alpha value is -0.550. The summed E-state index contributed by atoms with van der Waals surface area (Å²) in [4.78, 5) is 5.90. The van der Waals surface area contributed by atoms with Crippen LogP contribution in [0.2, 0.25) is 0 Å². The smallest absolute Gasteiger partial charge is 0.388 e. The van der Waals surface area contributed by atoms with Gasteiger partial charge >= 0.3 is 6.18 Å². The van der Waals surface area contributed by atoms with Crippen molar-refractivity contribution < 1.29 is 32.9 Å². The van der Waals surface area contributed by atoms with Gasteiger partial charge in [-0.05, 0) is 6.42 Å². The molecule has 0 aromatic heterocycles. The number of aliphatic hydroxyl groups is 2. The first-order valence-corrected chi connectivity index (χ1v) is 8.66. The van der Waals surface area contributed by atoms with Crippen LogP contribution in [0.5, 0.6) is 0 Å². The number of fused-ring (bicyclic) bond motifs is 1. The molecule has 6 nitrogen and oxygen atoms in total. The second kappa shape index (κ2) is 7.77. The van der Waals surface area contributed by atoms with Gasteiger partial charge in [-0.1, -0.05) is 25.1 Å². The molecule has 10 heteroatoms. The van der Waals surface area contributed by atoms with Gasteiger partial charge in [0.2, 0.25) is 0 Å². The average molecular weight is 372 g/mol. The summed E-state index contributed by atoms with van der Waals surface area (Å²) < 4.78 is 50.4. The zero-order valence-corrected chi connectivity index (χ0v) is 14.5. The molecule has 0 spiro atoms. The maximum Gasteiger partial charge on any atom is 0.417 e. The lowest BCUT2D eigenvalue weighted by atomic mass is 9.94. The van der Waals surface area contributed by atoms with Gasteiger partial charge in [0.15, 0.2) is 11.3 Å². The fourth-order valence-electron chi connectivity index (χ4n) is 2.57. The SMILES string of the molecule is CCCCOC(C1OC2SC(N(C)C)=NC2C(O)C1O)C(F)(F)F. The Morgan fingerprint density at radius 2 is 2.00 bits per heavy atom. The Balaban J connectivity index is 2.15. The Kier molecular flexibility index (Phi) is 6.40. The van der Waals surface area contributed by atoms with Gasteiger partial charge in [0.05, 0.1) is 0 Å². The third kappa shape index (κ3) is 4.16. The molecule has 0 bridgehead atoms. The van der Waals surface area contributed by atoms with Crippen LogP contribution >= 0.6 is 11.8 Å². The molecule has 24 heavy (non-hydrogen) atoms. The van der Waals surface area contributed by atoms with E-state index in [2.05, 4.69) is 4.99 Å². The third-order valence-corrected chi connectivity index (χ3v) is 5.19. The summed E-state index contributed by atoms with van der Waals surface area (Å²) in [5, 5.41) is 20.9. The summed E-state index contributed by atoms with van der Waals surface area (Å²) in [5.41, 5.74) is -0.787. The molecular weight excluding hydrogens is 349 g/mol. The van der Waals surface area contributed by atoms with Crippen LogP contribution in [0.4, 0.5) is 13.2 Å². The summed E-state index contributed by atoms with van der Waals surface area (Å²) in [6, 6.07) is -0.803. The molecule has 0 radical (unpaired) electrons. The molecule has 2 aliphatic rings. The standard InChI is InChI=1S/C14H23F3N2O4S/c1-4-5-6-22-11(14(15,16)17)10-9(21)8(20)7-12(23-10)24-13(18-7)19(2)3/h7-12,20-21H,4-6H2,1-3H3. The largest absolute Gasteiger partial charge is 0.417 e. The number of rotatable bonds is 5. The number of nitrogens with zero attached hydrogens (tertiary/aromatic N) is 2. The van der Waals surface area contributed by atoms with Crippen LogP contribution in [0.15, 0.2) is 4.99 Å². The van der Waals surface area contributed by atoms with E-state index in [-0.39, 0.29) is 6.61 Å². The number of aliphatic imine (C=N–C) groups is 1. The number of amidine groups is 1. The topological polar surface area (TPSA) is 74.5 Å². The van der Waals surface area contributed by atoms with Crippen molar-refractivity contribution in [3.05, 3.63) is 0 Å². The highest BCUT2D eigenvalue weighted by molar-refractivity contribution is 8.14. The summed E-state index contributed by atoms with van der Waals surface area (Å²) in [6.45, 7) is 1.74. The predicted octanol–water partition coefficient (Wildman–Crippen LogP) is 1.21. The van der Waals surface area contributed by atoms with Gasteiger partial charge in [-0.15, -0.1) is 0 Å². The van der Waals surface area contributed by atoms with Crippen molar-refractivity contribution in [1.29, 1.82) is 0 Å². The van der Waals surface area contributed by atoms with Crippen molar-refractivity contribution in [3.8, 4) is 0 Å². The summed E-state index contributed by atoms with van der Waals surface area (Å²) in [5.74, 6) is 0. The molecule has 0 saturated carbocycles. The van der Waals surface area contributed by atoms with Crippen molar-refractivity contribution in [2.24, 2.45) is 4.99 Å². The molecule has 2 N–H and O–H groups in total. The van der Waals surface area contributed by atoms with Gasteiger partial charge in [-0.3, -0.25) is 4.99 Å². The second-order valence-electron chi connectivity index (χ2n) is 6.05. The molecule has 0 amide bonds. The molecule has 6 unspecified atom stereocenters. The van der Waals surface area contributed by atoms with Gasteiger partial charge < -0.3 is 24.6 Å². The van der Waals surface area contributed by atoms with Crippen LogP contribution in [0.3, 0.4) is 0 Å². The van der Waals surface area contributed by atoms with Crippen molar-refractivity contribution >= 4 is 16.9 Å². The van der Waals surface area contributed by atoms with E-state index in [9.17, 15) is 23.4 Å². The second-order valence-corrected chi connectivity index (χ2v) is 7.12. The highest BCUT2D eigenvalue weighted by Crippen LogP contribution is 2.40. The summed E-state index contributed by atoms with van der Waals surface area (Å²) >= 11 is 1.13. The van der Waals surface area contributed by atoms with E-state index in [1.54, 1.807) is 19.0 Å². The van der Waals surface area contributed by atoms with Crippen molar-refractivity contribution in [1.82, 2.24) is 4.90 Å². The molecule has 2 rings (SSSR count). The lowest BCUT2D eigenvalue weighted by Gasteiger charge is -2.41. The highest BCUT2D eigenvalue weighted by Gasteiger charge is 2.57. The number of ether oxygens (including phenoxy) is 2. The number of hydrogen-bond acceptors (Lipinski definition) is 7. The predicted molar refractivity (Wildman–Crippen MR) is 83.9 cm³/mol. The van der Waals surface area contributed by atoms with Crippen molar-refractivity contribution in [2.75, 3.05) is 20.7 Å². The molecule has 6 atom stereocenters. The fraction of sp³-hybridized carbons (Fsp3) is 0.929. The minimum Gasteiger partial charge on any atom is -0.388 e. The van der Waals surface area contributed by atoms with Crippen LogP contribution in [0.25, 0.3) is 0 Å². The van der Waals surface area contributed by atoms with Gasteiger partial charge in [0.25, 0.3) is 0 Å². The molecule has 2 heterocycles. The van der Waals surface area contributed by atoms with Crippen LogP contribution in [0.1, 0.15) is 19.8 Å². The normalized spacial score (nSPS) is 34.7. The molecule has 0 aliphatic carbocycles. The van der Waals surface area contributed by atoms with E-state index in [1.807, 2.05) is 6.92 Å². The lowest BCUT2D eigenvalue weighted by Crippen LogP contribution is -2.61. The number of thioether (sulfide) groups is 1. The molecule has 140 valence electrons. The first-order valence-electron chi connectivity index (χ1n) is 7.78. The Morgan fingerprint density at radius 1 is 1.33 bits per heavy atom. The molecule has 1 fully saturated rings. The van der Waals surface area contributed by atoms with Crippen molar-refractivity contribution in [2.45, 2.75) is 61.8 Å². The third-order valence-electron chi connectivity index (χ3n) is 3.89. The molecule has 0 aromatic rings. The Bertz CT molecular complexity index is 464. The molecule has 1 saturated heterocycles. The summed E-state index contributed by atoms with van der Waals surface area (Å²) in [7, 11) is 3.46. The molecular formula is C14H23F3N2O4S. The van der Waals surface area contributed by atoms with E-state index in [4.69, 9.17) is 9.47 Å². The van der Waals surface area contributed by atoms with E-state index >= 15 is 0 Å². The van der Waals surface area contributed by atoms with E-state index < -0.39 is 42.1 Å².